The van der Waals surface area contributed by atoms with Crippen molar-refractivity contribution >= 4 is 24.1 Å². The highest BCUT2D eigenvalue weighted by molar-refractivity contribution is 5.85. The fourth-order valence-corrected chi connectivity index (χ4v) is 1.48. The van der Waals surface area contributed by atoms with E-state index < -0.39 is 0 Å². The normalized spacial score (nSPS) is 9.29. The second-order valence-electron chi connectivity index (χ2n) is 3.51. The van der Waals surface area contributed by atoms with E-state index in [9.17, 15) is 4.79 Å². The first-order valence-corrected chi connectivity index (χ1v) is 5.16. The Morgan fingerprint density at radius 2 is 2.06 bits per heavy atom. The smallest absolute Gasteiger partial charge is 0.305 e. The minimum absolute atomic E-state index is 0. The summed E-state index contributed by atoms with van der Waals surface area (Å²) in [5.41, 5.74) is 7.50. The lowest BCUT2D eigenvalue weighted by Gasteiger charge is -2.06. The third kappa shape index (κ3) is 4.95. The minimum atomic E-state index is -0.179. The molecule has 0 heterocycles. The van der Waals surface area contributed by atoms with Gasteiger partial charge in [0.05, 0.1) is 19.9 Å². The van der Waals surface area contributed by atoms with Crippen molar-refractivity contribution in [2.75, 3.05) is 20.0 Å². The van der Waals surface area contributed by atoms with Crippen molar-refractivity contribution in [1.82, 2.24) is 0 Å². The van der Waals surface area contributed by atoms with Gasteiger partial charge in [0.15, 0.2) is 0 Å². The first-order chi connectivity index (χ1) is 7.67. The number of aryl methyl sites for hydroxylation is 1. The Bertz CT molecular complexity index is 369. The maximum atomic E-state index is 10.9. The number of nitrogens with two attached hydrogens (primary N) is 1. The molecule has 0 aliphatic rings. The van der Waals surface area contributed by atoms with Crippen molar-refractivity contribution in [1.29, 1.82) is 0 Å². The molecule has 0 bridgehead atoms. The topological polar surface area (TPSA) is 61.5 Å². The van der Waals surface area contributed by atoms with Crippen molar-refractivity contribution in [3.05, 3.63) is 23.8 Å². The molecule has 96 valence electrons. The predicted molar refractivity (Wildman–Crippen MR) is 69.6 cm³/mol. The number of anilines is 1. The molecule has 0 aromatic heterocycles. The van der Waals surface area contributed by atoms with Crippen LogP contribution in [0.1, 0.15) is 18.4 Å². The summed E-state index contributed by atoms with van der Waals surface area (Å²) in [6, 6.07) is 5.66. The van der Waals surface area contributed by atoms with E-state index in [-0.39, 0.29) is 18.4 Å². The highest BCUT2D eigenvalue weighted by atomic mass is 35.5. The number of hydrogen-bond acceptors (Lipinski definition) is 4. The van der Waals surface area contributed by atoms with E-state index in [4.69, 9.17) is 10.5 Å². The molecule has 0 unspecified atom stereocenters. The lowest BCUT2D eigenvalue weighted by Crippen LogP contribution is -2.01. The van der Waals surface area contributed by atoms with Gasteiger partial charge in [0.2, 0.25) is 0 Å². The average molecular weight is 260 g/mol. The molecule has 1 aromatic carbocycles. The lowest BCUT2D eigenvalue weighted by atomic mass is 10.1. The third-order valence-corrected chi connectivity index (χ3v) is 2.37. The molecular weight excluding hydrogens is 242 g/mol. The zero-order chi connectivity index (χ0) is 12.0. The number of carbonyl (C=O) groups excluding carboxylic acids is 1. The van der Waals surface area contributed by atoms with Crippen LogP contribution < -0.4 is 10.5 Å². The second-order valence-corrected chi connectivity index (χ2v) is 3.51. The van der Waals surface area contributed by atoms with Crippen LogP contribution in [0.5, 0.6) is 5.75 Å². The minimum Gasteiger partial charge on any atom is -0.495 e. The summed E-state index contributed by atoms with van der Waals surface area (Å²) in [7, 11) is 2.98. The van der Waals surface area contributed by atoms with Gasteiger partial charge in [-0.15, -0.1) is 12.4 Å². The molecule has 0 spiro atoms. The quantitative estimate of drug-likeness (QED) is 0.650. The summed E-state index contributed by atoms with van der Waals surface area (Å²) in [5, 5.41) is 0. The number of esters is 1. The average Bonchev–Trinajstić information content (AvgIpc) is 2.29. The Morgan fingerprint density at radius 1 is 1.35 bits per heavy atom. The van der Waals surface area contributed by atoms with Gasteiger partial charge in [0.1, 0.15) is 5.75 Å². The second kappa shape index (κ2) is 7.79. The van der Waals surface area contributed by atoms with Crippen LogP contribution in [-0.4, -0.2) is 20.2 Å². The van der Waals surface area contributed by atoms with Gasteiger partial charge < -0.3 is 15.2 Å². The number of rotatable bonds is 5. The van der Waals surface area contributed by atoms with Crippen LogP contribution in [0, 0.1) is 0 Å². The molecule has 0 fully saturated rings. The molecule has 0 saturated carbocycles. The van der Waals surface area contributed by atoms with Gasteiger partial charge in [-0.3, -0.25) is 4.79 Å². The molecule has 0 radical (unpaired) electrons. The van der Waals surface area contributed by atoms with Crippen molar-refractivity contribution in [3.8, 4) is 5.75 Å². The summed E-state index contributed by atoms with van der Waals surface area (Å²) in [6.07, 6.45) is 2.00. The van der Waals surface area contributed by atoms with E-state index in [1.807, 2.05) is 18.2 Å². The van der Waals surface area contributed by atoms with Crippen LogP contribution in [0.3, 0.4) is 0 Å². The molecule has 17 heavy (non-hydrogen) atoms. The molecule has 0 aliphatic carbocycles. The van der Waals surface area contributed by atoms with Gasteiger partial charge in [0.25, 0.3) is 0 Å². The van der Waals surface area contributed by atoms with E-state index in [1.54, 1.807) is 7.11 Å². The fraction of sp³-hybridized carbons (Fsp3) is 0.417. The van der Waals surface area contributed by atoms with Crippen LogP contribution in [0.4, 0.5) is 5.69 Å². The van der Waals surface area contributed by atoms with Crippen molar-refractivity contribution in [3.63, 3.8) is 0 Å². The Balaban J connectivity index is 0.00000256. The Labute approximate surface area is 108 Å². The number of halogens is 1. The first kappa shape index (κ1) is 15.6. The van der Waals surface area contributed by atoms with Crippen LogP contribution in [0.25, 0.3) is 0 Å². The van der Waals surface area contributed by atoms with E-state index in [1.165, 1.54) is 7.11 Å². The molecule has 0 saturated heterocycles. The highest BCUT2D eigenvalue weighted by Gasteiger charge is 2.03. The SMILES string of the molecule is COC(=O)CCCc1ccc(OC)c(N)c1.Cl. The standard InChI is InChI=1S/C12H17NO3.ClH/c1-15-11-7-6-9(8-10(11)13)4-3-5-12(14)16-2;/h6-8H,3-5,13H2,1-2H3;1H. The summed E-state index contributed by atoms with van der Waals surface area (Å²) in [5.74, 6) is 0.498. The van der Waals surface area contributed by atoms with Crippen molar-refractivity contribution in [2.24, 2.45) is 0 Å². The van der Waals surface area contributed by atoms with E-state index in [0.29, 0.717) is 17.9 Å². The first-order valence-electron chi connectivity index (χ1n) is 5.16. The molecular formula is C12H18ClNO3. The van der Waals surface area contributed by atoms with Gasteiger partial charge in [-0.1, -0.05) is 6.07 Å². The van der Waals surface area contributed by atoms with Crippen LogP contribution in [-0.2, 0) is 16.0 Å². The predicted octanol–water partition coefficient (Wildman–Crippen LogP) is 2.19. The molecule has 0 aliphatic heterocycles. The number of ether oxygens (including phenoxy) is 2. The van der Waals surface area contributed by atoms with E-state index in [0.717, 1.165) is 18.4 Å². The summed E-state index contributed by atoms with van der Waals surface area (Å²) in [6.45, 7) is 0. The Kier molecular flexibility index (Phi) is 7.14. The maximum absolute atomic E-state index is 10.9. The van der Waals surface area contributed by atoms with Gasteiger partial charge in [0, 0.05) is 6.42 Å². The summed E-state index contributed by atoms with van der Waals surface area (Å²) < 4.78 is 9.63. The van der Waals surface area contributed by atoms with Gasteiger partial charge in [-0.25, -0.2) is 0 Å². The fourth-order valence-electron chi connectivity index (χ4n) is 1.48. The largest absolute Gasteiger partial charge is 0.495 e. The molecule has 0 atom stereocenters. The third-order valence-electron chi connectivity index (χ3n) is 2.37. The molecule has 0 amide bonds. The Hall–Kier alpha value is -1.42. The van der Waals surface area contributed by atoms with Gasteiger partial charge in [-0.2, -0.15) is 0 Å². The highest BCUT2D eigenvalue weighted by Crippen LogP contribution is 2.22. The number of carbonyl (C=O) groups is 1. The molecule has 1 rings (SSSR count). The summed E-state index contributed by atoms with van der Waals surface area (Å²) in [4.78, 5) is 10.9. The van der Waals surface area contributed by atoms with Gasteiger partial charge >= 0.3 is 5.97 Å². The maximum Gasteiger partial charge on any atom is 0.305 e. The van der Waals surface area contributed by atoms with E-state index in [2.05, 4.69) is 4.74 Å². The Morgan fingerprint density at radius 3 is 2.59 bits per heavy atom. The van der Waals surface area contributed by atoms with Crippen molar-refractivity contribution in [2.45, 2.75) is 19.3 Å². The van der Waals surface area contributed by atoms with E-state index >= 15 is 0 Å². The number of benzene rings is 1. The van der Waals surface area contributed by atoms with Crippen molar-refractivity contribution < 1.29 is 14.3 Å². The number of methoxy groups -OCH3 is 2. The zero-order valence-corrected chi connectivity index (χ0v) is 10.9. The molecule has 4 nitrogen and oxygen atoms in total. The number of nitrogen functional groups attached to an aromatic ring is 1. The van der Waals surface area contributed by atoms with Gasteiger partial charge in [-0.05, 0) is 30.5 Å². The van der Waals surface area contributed by atoms with Crippen LogP contribution in [0.2, 0.25) is 0 Å². The summed E-state index contributed by atoms with van der Waals surface area (Å²) >= 11 is 0. The van der Waals surface area contributed by atoms with Crippen LogP contribution >= 0.6 is 12.4 Å². The zero-order valence-electron chi connectivity index (χ0n) is 10.1. The molecule has 1 aromatic rings. The molecule has 5 heteroatoms. The lowest BCUT2D eigenvalue weighted by molar-refractivity contribution is -0.140. The molecule has 2 N–H and O–H groups in total. The monoisotopic (exact) mass is 259 g/mol. The number of hydrogen-bond donors (Lipinski definition) is 1. The van der Waals surface area contributed by atoms with Crippen LogP contribution in [0.15, 0.2) is 18.2 Å².